The van der Waals surface area contributed by atoms with Crippen LogP contribution in [0.15, 0.2) is 36.4 Å². The number of likely N-dealkylation sites (N-methyl/N-ethyl adjacent to an activating group) is 2. The first-order valence-corrected chi connectivity index (χ1v) is 9.94. The van der Waals surface area contributed by atoms with Crippen LogP contribution in [0.4, 0.5) is 0 Å². The van der Waals surface area contributed by atoms with Crippen LogP contribution in [0.1, 0.15) is 11.3 Å². The first-order valence-electron chi connectivity index (χ1n) is 9.57. The molecule has 8 heteroatoms. The van der Waals surface area contributed by atoms with Crippen molar-refractivity contribution in [1.29, 1.82) is 0 Å². The third kappa shape index (κ3) is 5.05. The second-order valence-electron chi connectivity index (χ2n) is 7.25. The molecule has 154 valence electrons. The predicted octanol–water partition coefficient (Wildman–Crippen LogP) is 2.08. The number of para-hydroxylation sites is 1. The second kappa shape index (κ2) is 9.24. The maximum atomic E-state index is 12.5. The molecule has 0 spiro atoms. The van der Waals surface area contributed by atoms with Crippen molar-refractivity contribution >= 4 is 29.5 Å². The molecule has 1 aliphatic rings. The van der Waals surface area contributed by atoms with Crippen molar-refractivity contribution in [1.82, 2.24) is 24.5 Å². The normalized spacial score (nSPS) is 15.1. The number of hydrogen-bond donors (Lipinski definition) is 0. The summed E-state index contributed by atoms with van der Waals surface area (Å²) in [6, 6.07) is 9.57. The molecule has 0 aliphatic carbocycles. The van der Waals surface area contributed by atoms with Gasteiger partial charge in [-0.1, -0.05) is 29.8 Å². The fraction of sp³-hybridized carbons (Fsp3) is 0.381. The van der Waals surface area contributed by atoms with Gasteiger partial charge in [-0.2, -0.15) is 5.10 Å². The number of piperazine rings is 1. The van der Waals surface area contributed by atoms with Gasteiger partial charge in [0.05, 0.1) is 17.9 Å². The number of hydrogen-bond acceptors (Lipinski definition) is 4. The van der Waals surface area contributed by atoms with E-state index in [4.69, 9.17) is 11.6 Å². The van der Waals surface area contributed by atoms with E-state index in [0.717, 1.165) is 24.5 Å². The number of aromatic nitrogens is 2. The van der Waals surface area contributed by atoms with Gasteiger partial charge >= 0.3 is 0 Å². The Morgan fingerprint density at radius 3 is 2.48 bits per heavy atom. The van der Waals surface area contributed by atoms with Crippen molar-refractivity contribution in [3.63, 3.8) is 0 Å². The first kappa shape index (κ1) is 21.1. The van der Waals surface area contributed by atoms with Crippen LogP contribution in [-0.2, 0) is 9.59 Å². The van der Waals surface area contributed by atoms with Crippen molar-refractivity contribution < 1.29 is 9.59 Å². The largest absolute Gasteiger partial charge is 0.339 e. The van der Waals surface area contributed by atoms with Crippen molar-refractivity contribution in [2.24, 2.45) is 0 Å². The van der Waals surface area contributed by atoms with E-state index in [1.807, 2.05) is 44.3 Å². The lowest BCUT2D eigenvalue weighted by Crippen LogP contribution is -2.50. The van der Waals surface area contributed by atoms with Crippen LogP contribution in [-0.4, -0.2) is 83.1 Å². The molecule has 0 bridgehead atoms. The average molecular weight is 416 g/mol. The molecule has 0 radical (unpaired) electrons. The molecule has 2 aromatic rings. The van der Waals surface area contributed by atoms with Gasteiger partial charge in [0.1, 0.15) is 5.15 Å². The molecule has 1 aromatic heterocycles. The third-order valence-corrected chi connectivity index (χ3v) is 5.41. The van der Waals surface area contributed by atoms with Crippen molar-refractivity contribution in [2.45, 2.75) is 6.92 Å². The Kier molecular flexibility index (Phi) is 6.71. The summed E-state index contributed by atoms with van der Waals surface area (Å²) in [7, 11) is 3.66. The van der Waals surface area contributed by atoms with E-state index in [9.17, 15) is 9.59 Å². The standard InChI is InChI=1S/C21H26ClN5O2/c1-16-18(21(22)27(23-16)17-7-5-4-6-8-17)9-10-19(28)25(3)15-20(29)26-13-11-24(2)12-14-26/h4-10H,11-15H2,1-3H3/b10-9+. The van der Waals surface area contributed by atoms with E-state index in [1.165, 1.54) is 11.0 Å². The van der Waals surface area contributed by atoms with E-state index < -0.39 is 0 Å². The van der Waals surface area contributed by atoms with Gasteiger partial charge in [-0.05, 0) is 32.2 Å². The highest BCUT2D eigenvalue weighted by atomic mass is 35.5. The molecule has 2 heterocycles. The third-order valence-electron chi connectivity index (χ3n) is 5.05. The van der Waals surface area contributed by atoms with Gasteiger partial charge in [0.25, 0.3) is 0 Å². The number of nitrogens with zero attached hydrogens (tertiary/aromatic N) is 5. The average Bonchev–Trinajstić information content (AvgIpc) is 3.00. The first-order chi connectivity index (χ1) is 13.9. The van der Waals surface area contributed by atoms with Gasteiger partial charge in [-0.3, -0.25) is 9.59 Å². The highest BCUT2D eigenvalue weighted by Gasteiger charge is 2.21. The minimum atomic E-state index is -0.254. The van der Waals surface area contributed by atoms with Crippen LogP contribution in [0.25, 0.3) is 11.8 Å². The monoisotopic (exact) mass is 415 g/mol. The molecule has 0 N–H and O–H groups in total. The zero-order chi connectivity index (χ0) is 21.0. The molecule has 0 atom stereocenters. The zero-order valence-corrected chi connectivity index (χ0v) is 17.8. The molecule has 0 unspecified atom stereocenters. The van der Waals surface area contributed by atoms with Gasteiger partial charge in [0, 0.05) is 44.9 Å². The lowest BCUT2D eigenvalue weighted by atomic mass is 10.2. The van der Waals surface area contributed by atoms with Gasteiger partial charge < -0.3 is 14.7 Å². The zero-order valence-electron chi connectivity index (χ0n) is 17.0. The van der Waals surface area contributed by atoms with Crippen LogP contribution >= 0.6 is 11.6 Å². The van der Waals surface area contributed by atoms with Crippen LogP contribution in [0.3, 0.4) is 0 Å². The summed E-state index contributed by atoms with van der Waals surface area (Å²) >= 11 is 6.48. The molecule has 7 nitrogen and oxygen atoms in total. The van der Waals surface area contributed by atoms with E-state index in [1.54, 1.807) is 22.7 Å². The van der Waals surface area contributed by atoms with E-state index in [2.05, 4.69) is 10.00 Å². The lowest BCUT2D eigenvalue weighted by molar-refractivity contribution is -0.138. The number of carbonyl (C=O) groups excluding carboxylic acids is 2. The molecular formula is C21H26ClN5O2. The molecular weight excluding hydrogens is 390 g/mol. The van der Waals surface area contributed by atoms with Crippen LogP contribution < -0.4 is 0 Å². The van der Waals surface area contributed by atoms with Gasteiger partial charge in [-0.25, -0.2) is 4.68 Å². The van der Waals surface area contributed by atoms with Crippen LogP contribution in [0.5, 0.6) is 0 Å². The highest BCUT2D eigenvalue weighted by Crippen LogP contribution is 2.24. The van der Waals surface area contributed by atoms with Crippen LogP contribution in [0, 0.1) is 6.92 Å². The number of benzene rings is 1. The van der Waals surface area contributed by atoms with Crippen molar-refractivity contribution in [3.8, 4) is 5.69 Å². The SMILES string of the molecule is Cc1nn(-c2ccccc2)c(Cl)c1/C=C/C(=O)N(C)CC(=O)N1CCN(C)CC1. The summed E-state index contributed by atoms with van der Waals surface area (Å²) in [6.45, 7) is 5.00. The number of carbonyl (C=O) groups is 2. The predicted molar refractivity (Wildman–Crippen MR) is 114 cm³/mol. The van der Waals surface area contributed by atoms with Gasteiger partial charge in [0.15, 0.2) is 0 Å². The number of rotatable bonds is 5. The Morgan fingerprint density at radius 1 is 1.17 bits per heavy atom. The fourth-order valence-corrected chi connectivity index (χ4v) is 3.49. The Labute approximate surface area is 176 Å². The van der Waals surface area contributed by atoms with Crippen LogP contribution in [0.2, 0.25) is 5.15 Å². The van der Waals surface area contributed by atoms with E-state index in [-0.39, 0.29) is 18.4 Å². The summed E-state index contributed by atoms with van der Waals surface area (Å²) in [5, 5.41) is 4.90. The topological polar surface area (TPSA) is 61.7 Å². The van der Waals surface area contributed by atoms with E-state index in [0.29, 0.717) is 23.8 Å². The Balaban J connectivity index is 1.64. The molecule has 29 heavy (non-hydrogen) atoms. The summed E-state index contributed by atoms with van der Waals surface area (Å²) < 4.78 is 1.64. The summed E-state index contributed by atoms with van der Waals surface area (Å²) in [5.74, 6) is -0.288. The maximum absolute atomic E-state index is 12.5. The van der Waals surface area contributed by atoms with E-state index >= 15 is 0 Å². The summed E-state index contributed by atoms with van der Waals surface area (Å²) in [5.41, 5.74) is 2.25. The fourth-order valence-electron chi connectivity index (χ4n) is 3.16. The summed E-state index contributed by atoms with van der Waals surface area (Å²) in [4.78, 5) is 30.3. The Morgan fingerprint density at radius 2 is 1.83 bits per heavy atom. The number of aryl methyl sites for hydroxylation is 1. The Hall–Kier alpha value is -2.64. The summed E-state index contributed by atoms with van der Waals surface area (Å²) in [6.07, 6.45) is 3.09. The minimum Gasteiger partial charge on any atom is -0.339 e. The molecule has 2 amide bonds. The quantitative estimate of drug-likeness (QED) is 0.701. The number of halogens is 1. The molecule has 1 aromatic carbocycles. The second-order valence-corrected chi connectivity index (χ2v) is 7.61. The van der Waals surface area contributed by atoms with Crippen molar-refractivity contribution in [2.75, 3.05) is 46.8 Å². The smallest absolute Gasteiger partial charge is 0.246 e. The molecule has 1 fully saturated rings. The molecule has 1 aliphatic heterocycles. The Bertz CT molecular complexity index is 901. The van der Waals surface area contributed by atoms with Gasteiger partial charge in [0.2, 0.25) is 11.8 Å². The lowest BCUT2D eigenvalue weighted by Gasteiger charge is -2.33. The van der Waals surface area contributed by atoms with Crippen molar-refractivity contribution in [3.05, 3.63) is 52.8 Å². The highest BCUT2D eigenvalue weighted by molar-refractivity contribution is 6.31. The maximum Gasteiger partial charge on any atom is 0.246 e. The molecule has 0 saturated carbocycles. The minimum absolute atomic E-state index is 0.0338. The molecule has 1 saturated heterocycles. The van der Waals surface area contributed by atoms with Gasteiger partial charge in [-0.15, -0.1) is 0 Å². The molecule has 3 rings (SSSR count). The number of amides is 2.